The van der Waals surface area contributed by atoms with Gasteiger partial charge in [0.1, 0.15) is 11.6 Å². The third kappa shape index (κ3) is 3.53. The summed E-state index contributed by atoms with van der Waals surface area (Å²) in [5, 5.41) is 4.24. The van der Waals surface area contributed by atoms with E-state index in [4.69, 9.17) is 15.5 Å². The quantitative estimate of drug-likeness (QED) is 0.458. The van der Waals surface area contributed by atoms with Gasteiger partial charge in [-0.15, -0.1) is 0 Å². The summed E-state index contributed by atoms with van der Waals surface area (Å²) in [6, 6.07) is 11.5. The average molecular weight is 427 g/mol. The molecule has 0 fully saturated rings. The van der Waals surface area contributed by atoms with E-state index < -0.39 is 0 Å². The number of rotatable bonds is 4. The van der Waals surface area contributed by atoms with Gasteiger partial charge in [0.05, 0.1) is 29.4 Å². The third-order valence-electron chi connectivity index (χ3n) is 5.49. The number of ether oxygens (including phenoxy) is 1. The highest BCUT2D eigenvalue weighted by Gasteiger charge is 2.22. The molecule has 0 saturated heterocycles. The molecule has 4 heterocycles. The minimum atomic E-state index is -0.0685. The van der Waals surface area contributed by atoms with E-state index in [9.17, 15) is 4.79 Å². The van der Waals surface area contributed by atoms with Crippen LogP contribution in [0.2, 0.25) is 0 Å². The van der Waals surface area contributed by atoms with Gasteiger partial charge in [-0.1, -0.05) is 13.0 Å². The predicted molar refractivity (Wildman–Crippen MR) is 122 cm³/mol. The lowest BCUT2D eigenvalue weighted by Gasteiger charge is -2.18. The monoisotopic (exact) mass is 427 g/mol. The van der Waals surface area contributed by atoms with Crippen molar-refractivity contribution in [3.63, 3.8) is 0 Å². The molecule has 1 atom stereocenters. The number of carbonyl (C=O) groups excluding carboxylic acids is 1. The fraction of sp³-hybridized carbons (Fsp3) is 0.174. The van der Waals surface area contributed by atoms with Crippen LogP contribution in [-0.2, 0) is 4.79 Å². The maximum atomic E-state index is 11.6. The lowest BCUT2D eigenvalue weighted by atomic mass is 9.94. The van der Waals surface area contributed by atoms with Crippen LogP contribution < -0.4 is 15.9 Å². The van der Waals surface area contributed by atoms with Crippen molar-refractivity contribution in [2.45, 2.75) is 13.3 Å². The van der Waals surface area contributed by atoms with Crippen LogP contribution in [0.25, 0.3) is 33.5 Å². The van der Waals surface area contributed by atoms with Gasteiger partial charge in [-0.05, 0) is 24.3 Å². The molecule has 9 heteroatoms. The number of nitrogens with one attached hydrogen (secondary N) is 2. The van der Waals surface area contributed by atoms with Crippen molar-refractivity contribution < 1.29 is 9.53 Å². The Morgan fingerprint density at radius 3 is 2.62 bits per heavy atom. The number of pyridine rings is 2. The number of methoxy groups -OCH3 is 1. The molecule has 1 aliphatic heterocycles. The van der Waals surface area contributed by atoms with E-state index in [1.54, 1.807) is 25.6 Å². The van der Waals surface area contributed by atoms with Crippen molar-refractivity contribution in [1.82, 2.24) is 25.4 Å². The van der Waals surface area contributed by atoms with Crippen LogP contribution in [0.5, 0.6) is 5.88 Å². The van der Waals surface area contributed by atoms with Crippen molar-refractivity contribution in [2.24, 2.45) is 11.0 Å². The molecular formula is C23H21N7O2. The normalized spacial score (nSPS) is 16.0. The number of benzene rings is 1. The highest BCUT2D eigenvalue weighted by atomic mass is 16.5. The molecule has 3 aromatic heterocycles. The number of nitrogen functional groups attached to an aromatic ring is 1. The number of aromatic nitrogens is 4. The summed E-state index contributed by atoms with van der Waals surface area (Å²) in [5.41, 5.74) is 14.6. The second-order valence-corrected chi connectivity index (χ2v) is 7.70. The molecule has 32 heavy (non-hydrogen) atoms. The topological polar surface area (TPSA) is 131 Å². The number of H-pyrrole nitrogens is 1. The van der Waals surface area contributed by atoms with E-state index in [0.29, 0.717) is 29.5 Å². The summed E-state index contributed by atoms with van der Waals surface area (Å²) in [6.45, 7) is 1.99. The molecule has 5 rings (SSSR count). The molecule has 1 aliphatic rings. The smallest absolute Gasteiger partial charge is 0.240 e. The molecule has 0 aliphatic carbocycles. The largest absolute Gasteiger partial charge is 0.481 e. The van der Waals surface area contributed by atoms with Gasteiger partial charge < -0.3 is 15.5 Å². The lowest BCUT2D eigenvalue weighted by molar-refractivity contribution is -0.121. The molecule has 0 bridgehead atoms. The van der Waals surface area contributed by atoms with Gasteiger partial charge in [-0.3, -0.25) is 4.79 Å². The van der Waals surface area contributed by atoms with Crippen molar-refractivity contribution >= 4 is 28.5 Å². The number of anilines is 1. The fourth-order valence-corrected chi connectivity index (χ4v) is 3.79. The number of carbonyl (C=O) groups is 1. The zero-order valence-corrected chi connectivity index (χ0v) is 17.6. The standard InChI is InChI=1S/C23H21N7O2/c1-12-7-19(31)29-30-21(12)13-3-5-17-18(9-13)28-23(27-17)16-8-15(11-26-22(16)24)14-4-6-20(32-2)25-10-14/h3-6,8-12H,7H2,1-2H3,(H2,24,26)(H,27,28)(H,29,31). The highest BCUT2D eigenvalue weighted by molar-refractivity contribution is 6.07. The lowest BCUT2D eigenvalue weighted by Crippen LogP contribution is -2.31. The SMILES string of the molecule is COc1ccc(-c2cnc(N)c(-c3nc4ccc(C5=NNC(=O)CC5C)cc4[nH]3)c2)cn1. The summed E-state index contributed by atoms with van der Waals surface area (Å²) in [5.74, 6) is 1.51. The van der Waals surface area contributed by atoms with E-state index in [1.807, 2.05) is 37.3 Å². The number of nitrogens with two attached hydrogens (primary N) is 1. The Kier molecular flexibility index (Phi) is 4.78. The summed E-state index contributed by atoms with van der Waals surface area (Å²) in [7, 11) is 1.58. The van der Waals surface area contributed by atoms with E-state index in [-0.39, 0.29) is 11.8 Å². The van der Waals surface area contributed by atoms with E-state index in [0.717, 1.165) is 33.4 Å². The van der Waals surface area contributed by atoms with E-state index >= 15 is 0 Å². The maximum Gasteiger partial charge on any atom is 0.240 e. The Morgan fingerprint density at radius 2 is 1.88 bits per heavy atom. The Balaban J connectivity index is 1.52. The minimum absolute atomic E-state index is 0.0400. The van der Waals surface area contributed by atoms with Gasteiger partial charge in [0.2, 0.25) is 11.8 Å². The van der Waals surface area contributed by atoms with Crippen molar-refractivity contribution in [2.75, 3.05) is 12.8 Å². The highest BCUT2D eigenvalue weighted by Crippen LogP contribution is 2.30. The molecule has 1 unspecified atom stereocenters. The maximum absolute atomic E-state index is 11.6. The molecule has 4 aromatic rings. The zero-order valence-electron chi connectivity index (χ0n) is 17.6. The van der Waals surface area contributed by atoms with Gasteiger partial charge in [-0.25, -0.2) is 20.4 Å². The van der Waals surface area contributed by atoms with Gasteiger partial charge in [0.25, 0.3) is 0 Å². The first-order valence-electron chi connectivity index (χ1n) is 10.1. The van der Waals surface area contributed by atoms with Gasteiger partial charge in [0, 0.05) is 47.5 Å². The molecule has 0 spiro atoms. The van der Waals surface area contributed by atoms with Crippen LogP contribution >= 0.6 is 0 Å². The van der Waals surface area contributed by atoms with Crippen LogP contribution in [-0.4, -0.2) is 38.7 Å². The molecule has 9 nitrogen and oxygen atoms in total. The molecule has 1 amide bonds. The van der Waals surface area contributed by atoms with Crippen LogP contribution in [0, 0.1) is 5.92 Å². The number of fused-ring (bicyclic) bond motifs is 1. The number of hydrogen-bond donors (Lipinski definition) is 3. The summed E-state index contributed by atoms with van der Waals surface area (Å²) in [6.07, 6.45) is 3.85. The van der Waals surface area contributed by atoms with Crippen LogP contribution in [0.3, 0.4) is 0 Å². The Morgan fingerprint density at radius 1 is 1.06 bits per heavy atom. The Hall–Kier alpha value is -4.27. The zero-order chi connectivity index (χ0) is 22.2. The predicted octanol–water partition coefficient (Wildman–Crippen LogP) is 3.14. The molecule has 0 saturated carbocycles. The number of hydrazone groups is 1. The van der Waals surface area contributed by atoms with E-state index in [1.165, 1.54) is 0 Å². The van der Waals surface area contributed by atoms with Crippen molar-refractivity contribution in [3.8, 4) is 28.4 Å². The average Bonchev–Trinajstić information content (AvgIpc) is 3.22. The Bertz CT molecular complexity index is 1360. The van der Waals surface area contributed by atoms with Gasteiger partial charge in [0.15, 0.2) is 0 Å². The second kappa shape index (κ2) is 7.77. The van der Waals surface area contributed by atoms with Crippen molar-refractivity contribution in [3.05, 3.63) is 54.4 Å². The summed E-state index contributed by atoms with van der Waals surface area (Å²) in [4.78, 5) is 28.2. The first kappa shape index (κ1) is 19.7. The van der Waals surface area contributed by atoms with E-state index in [2.05, 4.69) is 25.5 Å². The summed E-state index contributed by atoms with van der Waals surface area (Å²) < 4.78 is 5.13. The second-order valence-electron chi connectivity index (χ2n) is 7.70. The first-order valence-corrected chi connectivity index (χ1v) is 10.1. The number of aromatic amines is 1. The Labute approximate surface area is 183 Å². The fourth-order valence-electron chi connectivity index (χ4n) is 3.79. The number of nitrogens with zero attached hydrogens (tertiary/aromatic N) is 4. The van der Waals surface area contributed by atoms with Crippen LogP contribution in [0.4, 0.5) is 5.82 Å². The molecule has 1 aromatic carbocycles. The molecule has 160 valence electrons. The van der Waals surface area contributed by atoms with Crippen LogP contribution in [0.15, 0.2) is 53.9 Å². The molecular weight excluding hydrogens is 406 g/mol. The van der Waals surface area contributed by atoms with Crippen molar-refractivity contribution in [1.29, 1.82) is 0 Å². The molecule has 0 radical (unpaired) electrons. The van der Waals surface area contributed by atoms with Gasteiger partial charge in [-0.2, -0.15) is 5.10 Å². The molecule has 4 N–H and O–H groups in total. The first-order chi connectivity index (χ1) is 15.5. The number of hydrogen-bond acceptors (Lipinski definition) is 7. The summed E-state index contributed by atoms with van der Waals surface area (Å²) >= 11 is 0. The number of amides is 1. The van der Waals surface area contributed by atoms with Gasteiger partial charge >= 0.3 is 0 Å². The number of imidazole rings is 1. The van der Waals surface area contributed by atoms with Crippen LogP contribution in [0.1, 0.15) is 18.9 Å². The minimum Gasteiger partial charge on any atom is -0.481 e. The third-order valence-corrected chi connectivity index (χ3v) is 5.49.